The van der Waals surface area contributed by atoms with Crippen LogP contribution in [-0.2, 0) is 25.7 Å². The van der Waals surface area contributed by atoms with Crippen LogP contribution in [0.4, 0.5) is 0 Å². The number of carbonyl (C=O) groups excluding carboxylic acids is 2. The van der Waals surface area contributed by atoms with Crippen molar-refractivity contribution in [2.24, 2.45) is 5.16 Å². The van der Waals surface area contributed by atoms with Gasteiger partial charge in [-0.25, -0.2) is 4.79 Å². The smallest absolute Gasteiger partial charge is 0.331 e. The van der Waals surface area contributed by atoms with Gasteiger partial charge in [-0.2, -0.15) is 0 Å². The van der Waals surface area contributed by atoms with Crippen LogP contribution in [0.1, 0.15) is 61.7 Å². The first-order chi connectivity index (χ1) is 19.6. The van der Waals surface area contributed by atoms with Crippen LogP contribution in [0.2, 0.25) is 0 Å². The maximum atomic E-state index is 13.7. The SMILES string of the molecule is CCn1c2ccc(C(=O)c3ccc(OCC4COCC(C)(C)O4)cc3C)cc2c2cc(/C(C)=N\OC(C)=O)ccc21. The first-order valence-corrected chi connectivity index (χ1v) is 13.9. The van der Waals surface area contributed by atoms with Crippen LogP contribution in [0, 0.1) is 6.92 Å². The molecule has 8 nitrogen and oxygen atoms in total. The van der Waals surface area contributed by atoms with Crippen LogP contribution in [0.3, 0.4) is 0 Å². The molecule has 0 amide bonds. The molecular formula is C33H36N2O6. The minimum absolute atomic E-state index is 0.0529. The van der Waals surface area contributed by atoms with Crippen LogP contribution in [-0.4, -0.2) is 53.6 Å². The highest BCUT2D eigenvalue weighted by molar-refractivity contribution is 6.16. The highest BCUT2D eigenvalue weighted by atomic mass is 16.7. The molecule has 3 aromatic carbocycles. The van der Waals surface area contributed by atoms with Gasteiger partial charge in [0.2, 0.25) is 0 Å². The third-order valence-corrected chi connectivity index (χ3v) is 7.29. The average molecular weight is 557 g/mol. The number of aryl methyl sites for hydroxylation is 2. The maximum Gasteiger partial charge on any atom is 0.331 e. The second-order valence-electron chi connectivity index (χ2n) is 11.1. The fraction of sp³-hybridized carbons (Fsp3) is 0.364. The highest BCUT2D eigenvalue weighted by Crippen LogP contribution is 2.32. The molecule has 1 unspecified atom stereocenters. The van der Waals surface area contributed by atoms with E-state index in [4.69, 9.17) is 19.0 Å². The molecule has 2 heterocycles. The summed E-state index contributed by atoms with van der Waals surface area (Å²) >= 11 is 0. The predicted molar refractivity (Wildman–Crippen MR) is 159 cm³/mol. The van der Waals surface area contributed by atoms with Gasteiger partial charge < -0.3 is 23.6 Å². The standard InChI is InChI=1S/C33H36N2O6/c1-7-35-30-12-8-23(21(3)34-41-22(4)36)15-28(30)29-16-24(9-13-31(29)35)32(37)27-11-10-25(14-20(27)2)39-18-26-17-38-19-33(5,6)40-26/h8-16,26H,7,17-19H2,1-6H3/b34-21-. The third kappa shape index (κ3) is 6.04. The monoisotopic (exact) mass is 556 g/mol. The summed E-state index contributed by atoms with van der Waals surface area (Å²) in [6.07, 6.45) is -0.144. The molecule has 8 heteroatoms. The molecule has 0 saturated carbocycles. The molecule has 214 valence electrons. The van der Waals surface area contributed by atoms with Crippen molar-refractivity contribution >= 4 is 39.3 Å². The summed E-state index contributed by atoms with van der Waals surface area (Å²) in [5.74, 6) is 0.164. The Kier molecular flexibility index (Phi) is 7.98. The Bertz CT molecular complexity index is 1670. The van der Waals surface area contributed by atoms with Crippen molar-refractivity contribution in [3.63, 3.8) is 0 Å². The molecule has 1 saturated heterocycles. The summed E-state index contributed by atoms with van der Waals surface area (Å²) in [5, 5.41) is 5.92. The normalized spacial score (nSPS) is 17.1. The van der Waals surface area contributed by atoms with Crippen molar-refractivity contribution in [3.8, 4) is 5.75 Å². The van der Waals surface area contributed by atoms with E-state index in [1.165, 1.54) is 6.92 Å². The number of aromatic nitrogens is 1. The number of carbonyl (C=O) groups is 2. The van der Waals surface area contributed by atoms with Gasteiger partial charge in [-0.15, -0.1) is 0 Å². The second-order valence-corrected chi connectivity index (χ2v) is 11.1. The number of benzene rings is 3. The van der Waals surface area contributed by atoms with E-state index in [9.17, 15) is 9.59 Å². The van der Waals surface area contributed by atoms with Gasteiger partial charge in [-0.1, -0.05) is 11.2 Å². The van der Waals surface area contributed by atoms with Crippen molar-refractivity contribution in [2.75, 3.05) is 19.8 Å². The fourth-order valence-electron chi connectivity index (χ4n) is 5.36. The zero-order chi connectivity index (χ0) is 29.3. The Labute approximate surface area is 239 Å². The van der Waals surface area contributed by atoms with Crippen molar-refractivity contribution in [1.82, 2.24) is 4.57 Å². The van der Waals surface area contributed by atoms with E-state index in [0.717, 1.165) is 39.5 Å². The zero-order valence-electron chi connectivity index (χ0n) is 24.4. The van der Waals surface area contributed by atoms with Crippen LogP contribution < -0.4 is 4.74 Å². The lowest BCUT2D eigenvalue weighted by atomic mass is 9.97. The molecule has 0 bridgehead atoms. The topological polar surface area (TPSA) is 88.3 Å². The lowest BCUT2D eigenvalue weighted by molar-refractivity contribution is -0.189. The molecule has 0 N–H and O–H groups in total. The van der Waals surface area contributed by atoms with E-state index < -0.39 is 5.97 Å². The lowest BCUT2D eigenvalue weighted by Gasteiger charge is -2.35. The minimum atomic E-state index is -0.470. The van der Waals surface area contributed by atoms with Gasteiger partial charge in [-0.05, 0) is 94.3 Å². The van der Waals surface area contributed by atoms with Crippen LogP contribution in [0.15, 0.2) is 59.8 Å². The van der Waals surface area contributed by atoms with Gasteiger partial charge in [0, 0.05) is 46.4 Å². The second kappa shape index (κ2) is 11.5. The highest BCUT2D eigenvalue weighted by Gasteiger charge is 2.29. The molecule has 1 aromatic heterocycles. The average Bonchev–Trinajstić information content (AvgIpc) is 3.26. The molecule has 4 aromatic rings. The minimum Gasteiger partial charge on any atom is -0.491 e. The number of rotatable bonds is 8. The summed E-state index contributed by atoms with van der Waals surface area (Å²) in [7, 11) is 0. The summed E-state index contributed by atoms with van der Waals surface area (Å²) in [5.41, 5.74) is 5.27. The van der Waals surface area contributed by atoms with Crippen molar-refractivity contribution in [2.45, 2.75) is 59.8 Å². The maximum absolute atomic E-state index is 13.7. The van der Waals surface area contributed by atoms with Gasteiger partial charge in [-0.3, -0.25) is 4.79 Å². The number of ether oxygens (including phenoxy) is 3. The predicted octanol–water partition coefficient (Wildman–Crippen LogP) is 6.21. The van der Waals surface area contributed by atoms with E-state index in [0.29, 0.717) is 42.4 Å². The van der Waals surface area contributed by atoms with Gasteiger partial charge in [0.1, 0.15) is 18.5 Å². The van der Waals surface area contributed by atoms with E-state index in [1.807, 2.05) is 75.4 Å². The molecule has 1 aliphatic rings. The summed E-state index contributed by atoms with van der Waals surface area (Å²) in [6.45, 7) is 13.4. The van der Waals surface area contributed by atoms with Gasteiger partial charge >= 0.3 is 5.97 Å². The van der Waals surface area contributed by atoms with Crippen molar-refractivity contribution < 1.29 is 28.6 Å². The van der Waals surface area contributed by atoms with Crippen LogP contribution >= 0.6 is 0 Å². The zero-order valence-corrected chi connectivity index (χ0v) is 24.4. The molecule has 1 fully saturated rings. The number of fused-ring (bicyclic) bond motifs is 3. The van der Waals surface area contributed by atoms with Gasteiger partial charge in [0.05, 0.1) is 24.5 Å². The summed E-state index contributed by atoms with van der Waals surface area (Å²) < 4.78 is 19.9. The van der Waals surface area contributed by atoms with Gasteiger partial charge in [0.15, 0.2) is 5.78 Å². The lowest BCUT2D eigenvalue weighted by Crippen LogP contribution is -2.45. The van der Waals surface area contributed by atoms with Crippen LogP contribution in [0.5, 0.6) is 5.75 Å². The molecule has 41 heavy (non-hydrogen) atoms. The Hall–Kier alpha value is -4.01. The Morgan fingerprint density at radius 2 is 1.68 bits per heavy atom. The molecule has 0 radical (unpaired) electrons. The Balaban J connectivity index is 1.42. The first kappa shape index (κ1) is 28.5. The number of oxime groups is 1. The first-order valence-electron chi connectivity index (χ1n) is 13.9. The van der Waals surface area contributed by atoms with Crippen molar-refractivity contribution in [3.05, 3.63) is 76.9 Å². The summed E-state index contributed by atoms with van der Waals surface area (Å²) in [4.78, 5) is 29.7. The number of hydrogen-bond acceptors (Lipinski definition) is 7. The van der Waals surface area contributed by atoms with Crippen LogP contribution in [0.25, 0.3) is 21.8 Å². The molecule has 0 spiro atoms. The Morgan fingerprint density at radius 3 is 2.32 bits per heavy atom. The fourth-order valence-corrected chi connectivity index (χ4v) is 5.36. The van der Waals surface area contributed by atoms with E-state index in [2.05, 4.69) is 16.6 Å². The van der Waals surface area contributed by atoms with Gasteiger partial charge in [0.25, 0.3) is 0 Å². The van der Waals surface area contributed by atoms with Crippen molar-refractivity contribution in [1.29, 1.82) is 0 Å². The molecule has 0 aliphatic carbocycles. The Morgan fingerprint density at radius 1 is 1.00 bits per heavy atom. The molecule has 1 atom stereocenters. The molecular weight excluding hydrogens is 520 g/mol. The summed E-state index contributed by atoms with van der Waals surface area (Å²) in [6, 6.07) is 17.4. The molecule has 5 rings (SSSR count). The number of hydrogen-bond donors (Lipinski definition) is 0. The van der Waals surface area contributed by atoms with E-state index in [-0.39, 0.29) is 17.5 Å². The largest absolute Gasteiger partial charge is 0.491 e. The molecule has 1 aliphatic heterocycles. The number of nitrogens with zero attached hydrogens (tertiary/aromatic N) is 2. The van der Waals surface area contributed by atoms with E-state index in [1.54, 1.807) is 6.92 Å². The third-order valence-electron chi connectivity index (χ3n) is 7.29. The van der Waals surface area contributed by atoms with E-state index >= 15 is 0 Å². The quantitative estimate of drug-likeness (QED) is 0.111. The number of ketones is 1.